The number of halogens is 3. The maximum absolute atomic E-state index is 12.9. The first-order valence-corrected chi connectivity index (χ1v) is 7.09. The summed E-state index contributed by atoms with van der Waals surface area (Å²) in [5.74, 6) is 0. The molecule has 1 aromatic carbocycles. The van der Waals surface area contributed by atoms with E-state index in [1.807, 2.05) is 6.92 Å². The van der Waals surface area contributed by atoms with E-state index in [-0.39, 0.29) is 22.7 Å². The Morgan fingerprint density at radius 2 is 2.19 bits per heavy atom. The summed E-state index contributed by atoms with van der Waals surface area (Å²) in [5, 5.41) is 3.15. The van der Waals surface area contributed by atoms with Crippen LogP contribution in [0.25, 0.3) is 0 Å². The number of hydrogen-bond donors (Lipinski definition) is 2. The molecule has 1 saturated heterocycles. The SMILES string of the molecule is CC(Nc1ccc(C(F)(F)F)c(C(N)=S)c1)C1CCCO1. The number of ether oxygens (including phenoxy) is 1. The standard InChI is InChI=1S/C14H17F3N2OS/c1-8(12-3-2-6-20-12)19-9-4-5-11(14(15,16)17)10(7-9)13(18)21/h4-5,7-8,12,19H,2-3,6H2,1H3,(H2,18,21). The number of anilines is 1. The van der Waals surface area contributed by atoms with Crippen LogP contribution in [0.2, 0.25) is 0 Å². The van der Waals surface area contributed by atoms with Crippen molar-refractivity contribution in [2.24, 2.45) is 5.73 Å². The van der Waals surface area contributed by atoms with Crippen LogP contribution in [0.4, 0.5) is 18.9 Å². The zero-order valence-corrected chi connectivity index (χ0v) is 12.4. The van der Waals surface area contributed by atoms with Gasteiger partial charge < -0.3 is 15.8 Å². The normalized spacial score (nSPS) is 20.3. The predicted molar refractivity (Wildman–Crippen MR) is 79.4 cm³/mol. The maximum Gasteiger partial charge on any atom is 0.417 e. The van der Waals surface area contributed by atoms with Crippen LogP contribution >= 0.6 is 12.2 Å². The van der Waals surface area contributed by atoms with Gasteiger partial charge in [0, 0.05) is 23.9 Å². The molecule has 0 radical (unpaired) electrons. The highest BCUT2D eigenvalue weighted by atomic mass is 32.1. The molecule has 0 aromatic heterocycles. The van der Waals surface area contributed by atoms with E-state index in [1.165, 1.54) is 12.1 Å². The van der Waals surface area contributed by atoms with Crippen molar-refractivity contribution in [1.29, 1.82) is 0 Å². The van der Waals surface area contributed by atoms with Crippen molar-refractivity contribution in [2.75, 3.05) is 11.9 Å². The summed E-state index contributed by atoms with van der Waals surface area (Å²) >= 11 is 4.72. The van der Waals surface area contributed by atoms with Gasteiger partial charge in [-0.1, -0.05) is 12.2 Å². The van der Waals surface area contributed by atoms with Gasteiger partial charge in [0.05, 0.1) is 11.7 Å². The van der Waals surface area contributed by atoms with Gasteiger partial charge in [0.15, 0.2) is 0 Å². The van der Waals surface area contributed by atoms with Crippen molar-refractivity contribution in [2.45, 2.75) is 38.1 Å². The van der Waals surface area contributed by atoms with Crippen molar-refractivity contribution in [3.8, 4) is 0 Å². The van der Waals surface area contributed by atoms with Gasteiger partial charge >= 0.3 is 6.18 Å². The van der Waals surface area contributed by atoms with Crippen molar-refractivity contribution in [3.05, 3.63) is 29.3 Å². The highest BCUT2D eigenvalue weighted by Crippen LogP contribution is 2.33. The molecule has 2 unspecified atom stereocenters. The van der Waals surface area contributed by atoms with Gasteiger partial charge in [0.1, 0.15) is 4.99 Å². The van der Waals surface area contributed by atoms with Crippen molar-refractivity contribution < 1.29 is 17.9 Å². The molecule has 1 fully saturated rings. The Kier molecular flexibility index (Phi) is 4.73. The van der Waals surface area contributed by atoms with Crippen LogP contribution < -0.4 is 11.1 Å². The number of nitrogens with two attached hydrogens (primary N) is 1. The molecule has 7 heteroatoms. The highest BCUT2D eigenvalue weighted by Gasteiger charge is 2.34. The lowest BCUT2D eigenvalue weighted by molar-refractivity contribution is -0.137. The highest BCUT2D eigenvalue weighted by molar-refractivity contribution is 7.80. The molecule has 1 heterocycles. The lowest BCUT2D eigenvalue weighted by Crippen LogP contribution is -2.30. The first kappa shape index (κ1) is 16.0. The Bertz CT molecular complexity index is 527. The van der Waals surface area contributed by atoms with E-state index in [1.54, 1.807) is 0 Å². The molecular formula is C14H17F3N2OS. The van der Waals surface area contributed by atoms with Gasteiger partial charge in [-0.05, 0) is 38.0 Å². The van der Waals surface area contributed by atoms with Gasteiger partial charge in [-0.15, -0.1) is 0 Å². The summed E-state index contributed by atoms with van der Waals surface area (Å²) < 4.78 is 44.2. The first-order valence-electron chi connectivity index (χ1n) is 6.68. The third-order valence-electron chi connectivity index (χ3n) is 3.51. The van der Waals surface area contributed by atoms with E-state index in [2.05, 4.69) is 5.32 Å². The summed E-state index contributed by atoms with van der Waals surface area (Å²) in [7, 11) is 0. The first-order chi connectivity index (χ1) is 9.79. The van der Waals surface area contributed by atoms with E-state index in [9.17, 15) is 13.2 Å². The number of thiocarbonyl (C=S) groups is 1. The summed E-state index contributed by atoms with van der Waals surface area (Å²) in [4.78, 5) is -0.268. The van der Waals surface area contributed by atoms with Gasteiger partial charge in [-0.3, -0.25) is 0 Å². The molecule has 0 spiro atoms. The van der Waals surface area contributed by atoms with Crippen LogP contribution in [-0.4, -0.2) is 23.7 Å². The largest absolute Gasteiger partial charge is 0.417 e. The minimum atomic E-state index is -4.47. The van der Waals surface area contributed by atoms with Crippen LogP contribution in [0.3, 0.4) is 0 Å². The molecule has 2 atom stereocenters. The Morgan fingerprint density at radius 1 is 1.48 bits per heavy atom. The fourth-order valence-corrected chi connectivity index (χ4v) is 2.61. The molecule has 0 bridgehead atoms. The molecule has 1 aromatic rings. The Balaban J connectivity index is 2.21. The molecule has 3 N–H and O–H groups in total. The van der Waals surface area contributed by atoms with E-state index >= 15 is 0 Å². The Morgan fingerprint density at radius 3 is 2.71 bits per heavy atom. The van der Waals surface area contributed by atoms with Crippen LogP contribution in [-0.2, 0) is 10.9 Å². The number of hydrogen-bond acceptors (Lipinski definition) is 3. The number of nitrogens with one attached hydrogen (secondary N) is 1. The van der Waals surface area contributed by atoms with Gasteiger partial charge in [-0.2, -0.15) is 13.2 Å². The summed E-state index contributed by atoms with van der Waals surface area (Å²) in [5.41, 5.74) is 4.98. The van der Waals surface area contributed by atoms with Crippen molar-refractivity contribution in [1.82, 2.24) is 0 Å². The van der Waals surface area contributed by atoms with Crippen molar-refractivity contribution in [3.63, 3.8) is 0 Å². The quantitative estimate of drug-likeness (QED) is 0.836. The minimum absolute atomic E-state index is 0.00318. The number of rotatable bonds is 4. The van der Waals surface area contributed by atoms with E-state index < -0.39 is 11.7 Å². The smallest absolute Gasteiger partial charge is 0.389 e. The number of alkyl halides is 3. The molecule has 21 heavy (non-hydrogen) atoms. The van der Waals surface area contributed by atoms with E-state index in [4.69, 9.17) is 22.7 Å². The summed E-state index contributed by atoms with van der Waals surface area (Å²) in [6.07, 6.45) is -2.46. The van der Waals surface area contributed by atoms with Gasteiger partial charge in [-0.25, -0.2) is 0 Å². The topological polar surface area (TPSA) is 47.3 Å². The second-order valence-electron chi connectivity index (χ2n) is 5.11. The molecule has 1 aliphatic rings. The van der Waals surface area contributed by atoms with Crippen LogP contribution in [0.15, 0.2) is 18.2 Å². The van der Waals surface area contributed by atoms with E-state index in [0.29, 0.717) is 5.69 Å². The van der Waals surface area contributed by atoms with Gasteiger partial charge in [0.2, 0.25) is 0 Å². The summed E-state index contributed by atoms with van der Waals surface area (Å²) in [6, 6.07) is 3.73. The molecule has 0 aliphatic carbocycles. The van der Waals surface area contributed by atoms with Crippen LogP contribution in [0.5, 0.6) is 0 Å². The predicted octanol–water partition coefficient (Wildman–Crippen LogP) is 3.32. The van der Waals surface area contributed by atoms with Gasteiger partial charge in [0.25, 0.3) is 0 Å². The van der Waals surface area contributed by atoms with Crippen LogP contribution in [0, 0.1) is 0 Å². The summed E-state index contributed by atoms with van der Waals surface area (Å²) in [6.45, 7) is 2.66. The molecule has 1 aliphatic heterocycles. The molecule has 116 valence electrons. The maximum atomic E-state index is 12.9. The molecule has 3 nitrogen and oxygen atoms in total. The lowest BCUT2D eigenvalue weighted by Gasteiger charge is -2.22. The average Bonchev–Trinajstić information content (AvgIpc) is 2.91. The zero-order chi connectivity index (χ0) is 15.6. The molecule has 2 rings (SSSR count). The lowest BCUT2D eigenvalue weighted by atomic mass is 10.0. The zero-order valence-electron chi connectivity index (χ0n) is 11.5. The third-order valence-corrected chi connectivity index (χ3v) is 3.73. The second-order valence-corrected chi connectivity index (χ2v) is 5.55. The third kappa shape index (κ3) is 3.85. The fourth-order valence-electron chi connectivity index (χ4n) is 2.44. The number of benzene rings is 1. The molecule has 0 amide bonds. The second kappa shape index (κ2) is 6.19. The molecular weight excluding hydrogens is 301 g/mol. The van der Waals surface area contributed by atoms with E-state index in [0.717, 1.165) is 25.5 Å². The monoisotopic (exact) mass is 318 g/mol. The molecule has 0 saturated carbocycles. The minimum Gasteiger partial charge on any atom is -0.389 e. The Hall–Kier alpha value is -1.34. The fraction of sp³-hybridized carbons (Fsp3) is 0.500. The Labute approximate surface area is 126 Å². The average molecular weight is 318 g/mol. The van der Waals surface area contributed by atoms with Crippen molar-refractivity contribution >= 4 is 22.9 Å². The van der Waals surface area contributed by atoms with Crippen LogP contribution in [0.1, 0.15) is 30.9 Å².